The van der Waals surface area contributed by atoms with E-state index in [1.54, 1.807) is 11.3 Å². The third kappa shape index (κ3) is 3.70. The van der Waals surface area contributed by atoms with E-state index in [0.29, 0.717) is 11.6 Å². The fraction of sp³-hybridized carbons (Fsp3) is 0.500. The summed E-state index contributed by atoms with van der Waals surface area (Å²) in [6.45, 7) is 4.71. The van der Waals surface area contributed by atoms with Crippen molar-refractivity contribution in [3.05, 3.63) is 28.7 Å². The molecule has 0 spiro atoms. The first kappa shape index (κ1) is 16.8. The summed E-state index contributed by atoms with van der Waals surface area (Å²) in [5.41, 5.74) is 0.861. The van der Waals surface area contributed by atoms with E-state index in [1.165, 1.54) is 7.11 Å². The summed E-state index contributed by atoms with van der Waals surface area (Å²) in [5.74, 6) is 1.38. The lowest BCUT2D eigenvalue weighted by molar-refractivity contribution is -0.136. The molecule has 8 heteroatoms. The van der Waals surface area contributed by atoms with Gasteiger partial charge in [0.25, 0.3) is 0 Å². The maximum Gasteiger partial charge on any atom is 0.249 e. The lowest BCUT2D eigenvalue weighted by atomic mass is 10.1. The van der Waals surface area contributed by atoms with E-state index in [4.69, 9.17) is 4.74 Å². The highest BCUT2D eigenvalue weighted by molar-refractivity contribution is 7.15. The van der Waals surface area contributed by atoms with Crippen LogP contribution in [0.2, 0.25) is 0 Å². The SMILES string of the molecule is COCC(=O)N1CCCC1c1cc(Nc2ncc(C)s2)nc(C)n1. The zero-order chi connectivity index (χ0) is 17.1. The Bertz CT molecular complexity index is 733. The van der Waals surface area contributed by atoms with Gasteiger partial charge in [0.1, 0.15) is 18.2 Å². The summed E-state index contributed by atoms with van der Waals surface area (Å²) < 4.78 is 4.99. The maximum atomic E-state index is 12.2. The molecule has 7 nitrogen and oxygen atoms in total. The highest BCUT2D eigenvalue weighted by Crippen LogP contribution is 2.32. The number of methoxy groups -OCH3 is 1. The summed E-state index contributed by atoms with van der Waals surface area (Å²) >= 11 is 1.57. The number of likely N-dealkylation sites (tertiary alicyclic amines) is 1. The van der Waals surface area contributed by atoms with Gasteiger partial charge in [0.2, 0.25) is 5.91 Å². The van der Waals surface area contributed by atoms with Crippen LogP contribution >= 0.6 is 11.3 Å². The van der Waals surface area contributed by atoms with Crippen LogP contribution < -0.4 is 5.32 Å². The minimum Gasteiger partial charge on any atom is -0.375 e. The zero-order valence-electron chi connectivity index (χ0n) is 14.1. The van der Waals surface area contributed by atoms with Crippen LogP contribution in [0.3, 0.4) is 0 Å². The van der Waals surface area contributed by atoms with Gasteiger partial charge in [-0.3, -0.25) is 4.79 Å². The van der Waals surface area contributed by atoms with Gasteiger partial charge in [-0.25, -0.2) is 15.0 Å². The third-order valence-electron chi connectivity index (χ3n) is 3.90. The molecule has 1 aliphatic heterocycles. The van der Waals surface area contributed by atoms with E-state index >= 15 is 0 Å². The Labute approximate surface area is 145 Å². The maximum absolute atomic E-state index is 12.2. The molecule has 24 heavy (non-hydrogen) atoms. The van der Waals surface area contributed by atoms with Crippen molar-refractivity contribution in [1.82, 2.24) is 19.9 Å². The second-order valence-corrected chi connectivity index (χ2v) is 7.04. The number of hydrogen-bond acceptors (Lipinski definition) is 7. The van der Waals surface area contributed by atoms with Crippen molar-refractivity contribution >= 4 is 28.2 Å². The molecular weight excluding hydrogens is 326 g/mol. The quantitative estimate of drug-likeness (QED) is 0.895. The smallest absolute Gasteiger partial charge is 0.249 e. The number of hydrogen-bond donors (Lipinski definition) is 1. The summed E-state index contributed by atoms with van der Waals surface area (Å²) in [6.07, 6.45) is 3.70. The molecule has 1 amide bonds. The molecule has 1 fully saturated rings. The van der Waals surface area contributed by atoms with Gasteiger partial charge in [0.05, 0.1) is 11.7 Å². The predicted octanol–water partition coefficient (Wildman–Crippen LogP) is 2.60. The van der Waals surface area contributed by atoms with Gasteiger partial charge in [-0.05, 0) is 26.7 Å². The predicted molar refractivity (Wildman–Crippen MR) is 92.5 cm³/mol. The molecule has 1 aliphatic rings. The van der Waals surface area contributed by atoms with Crippen LogP contribution in [0.4, 0.5) is 10.9 Å². The molecule has 0 aliphatic carbocycles. The van der Waals surface area contributed by atoms with Crippen molar-refractivity contribution in [1.29, 1.82) is 0 Å². The van der Waals surface area contributed by atoms with Crippen LogP contribution in [0.1, 0.15) is 35.3 Å². The zero-order valence-corrected chi connectivity index (χ0v) is 14.9. The van der Waals surface area contributed by atoms with E-state index in [0.717, 1.165) is 35.1 Å². The van der Waals surface area contributed by atoms with Crippen molar-refractivity contribution in [2.24, 2.45) is 0 Å². The minimum atomic E-state index is -0.0204. The van der Waals surface area contributed by atoms with E-state index in [2.05, 4.69) is 20.3 Å². The van der Waals surface area contributed by atoms with Crippen molar-refractivity contribution in [2.75, 3.05) is 25.6 Å². The van der Waals surface area contributed by atoms with Gasteiger partial charge in [0, 0.05) is 30.8 Å². The summed E-state index contributed by atoms with van der Waals surface area (Å²) in [6, 6.07) is 1.89. The number of thiazole rings is 1. The largest absolute Gasteiger partial charge is 0.375 e. The number of aryl methyl sites for hydroxylation is 2. The molecule has 0 radical (unpaired) electrons. The Kier molecular flexibility index (Phi) is 5.06. The third-order valence-corrected chi connectivity index (χ3v) is 4.72. The van der Waals surface area contributed by atoms with Crippen LogP contribution in [-0.2, 0) is 9.53 Å². The summed E-state index contributed by atoms with van der Waals surface area (Å²) in [4.78, 5) is 28.5. The van der Waals surface area contributed by atoms with Crippen molar-refractivity contribution < 1.29 is 9.53 Å². The number of ether oxygens (including phenoxy) is 1. The summed E-state index contributed by atoms with van der Waals surface area (Å²) in [5, 5.41) is 4.03. The normalized spacial score (nSPS) is 17.3. The average molecular weight is 347 g/mol. The standard InChI is InChI=1S/C16H21N5O2S/c1-10-8-17-16(24-10)20-14-7-12(18-11(2)19-14)13-5-4-6-21(13)15(22)9-23-3/h7-8,13H,4-6,9H2,1-3H3,(H,17,18,19,20). The number of anilines is 2. The van der Waals surface area contributed by atoms with Gasteiger partial charge >= 0.3 is 0 Å². The van der Waals surface area contributed by atoms with Crippen LogP contribution in [-0.4, -0.2) is 46.0 Å². The number of aromatic nitrogens is 3. The molecule has 1 saturated heterocycles. The van der Waals surface area contributed by atoms with E-state index < -0.39 is 0 Å². The van der Waals surface area contributed by atoms with E-state index in [1.807, 2.05) is 31.0 Å². The highest BCUT2D eigenvalue weighted by atomic mass is 32.1. The number of carbonyl (C=O) groups is 1. The highest BCUT2D eigenvalue weighted by Gasteiger charge is 2.31. The minimum absolute atomic E-state index is 0.00122. The number of nitrogens with zero attached hydrogens (tertiary/aromatic N) is 4. The van der Waals surface area contributed by atoms with Crippen molar-refractivity contribution in [2.45, 2.75) is 32.7 Å². The topological polar surface area (TPSA) is 80.2 Å². The lowest BCUT2D eigenvalue weighted by Gasteiger charge is -2.24. The first-order valence-electron chi connectivity index (χ1n) is 7.90. The Hall–Kier alpha value is -2.06. The molecule has 3 rings (SSSR count). The van der Waals surface area contributed by atoms with E-state index in [-0.39, 0.29) is 18.6 Å². The Morgan fingerprint density at radius 2 is 2.29 bits per heavy atom. The molecule has 2 aromatic rings. The van der Waals surface area contributed by atoms with Gasteiger partial charge < -0.3 is 15.0 Å². The molecule has 1 atom stereocenters. The van der Waals surface area contributed by atoms with Crippen molar-refractivity contribution in [3.8, 4) is 0 Å². The molecule has 1 unspecified atom stereocenters. The molecule has 3 heterocycles. The first-order valence-corrected chi connectivity index (χ1v) is 8.72. The second-order valence-electron chi connectivity index (χ2n) is 5.80. The summed E-state index contributed by atoms with van der Waals surface area (Å²) in [7, 11) is 1.54. The van der Waals surface area contributed by atoms with Gasteiger partial charge in [0.15, 0.2) is 5.13 Å². The average Bonchev–Trinajstić information content (AvgIpc) is 3.16. The molecule has 0 aromatic carbocycles. The Morgan fingerprint density at radius 3 is 3.00 bits per heavy atom. The number of carbonyl (C=O) groups excluding carboxylic acids is 1. The second kappa shape index (κ2) is 7.23. The van der Waals surface area contributed by atoms with Crippen LogP contribution in [0, 0.1) is 13.8 Å². The molecule has 128 valence electrons. The lowest BCUT2D eigenvalue weighted by Crippen LogP contribution is -2.33. The van der Waals surface area contributed by atoms with E-state index in [9.17, 15) is 4.79 Å². The fourth-order valence-corrected chi connectivity index (χ4v) is 3.60. The fourth-order valence-electron chi connectivity index (χ4n) is 2.93. The number of rotatable bonds is 5. The van der Waals surface area contributed by atoms with Crippen molar-refractivity contribution in [3.63, 3.8) is 0 Å². The number of amides is 1. The van der Waals surface area contributed by atoms with Crippen LogP contribution in [0.5, 0.6) is 0 Å². The molecule has 2 aromatic heterocycles. The monoisotopic (exact) mass is 347 g/mol. The molecular formula is C16H21N5O2S. The number of nitrogens with one attached hydrogen (secondary N) is 1. The van der Waals surface area contributed by atoms with Gasteiger partial charge in [-0.15, -0.1) is 11.3 Å². The van der Waals surface area contributed by atoms with Crippen LogP contribution in [0.15, 0.2) is 12.3 Å². The molecule has 0 saturated carbocycles. The Morgan fingerprint density at radius 1 is 1.46 bits per heavy atom. The van der Waals surface area contributed by atoms with Crippen LogP contribution in [0.25, 0.3) is 0 Å². The molecule has 1 N–H and O–H groups in total. The molecule has 0 bridgehead atoms. The first-order chi connectivity index (χ1) is 11.6. The van der Waals surface area contributed by atoms with Gasteiger partial charge in [-0.1, -0.05) is 0 Å². The van der Waals surface area contributed by atoms with Gasteiger partial charge in [-0.2, -0.15) is 0 Å². The Balaban J connectivity index is 1.83.